The van der Waals surface area contributed by atoms with E-state index in [0.717, 1.165) is 16.0 Å². The number of fused-ring (bicyclic) bond motifs is 4. The number of hydrogen-bond acceptors (Lipinski definition) is 14. The van der Waals surface area contributed by atoms with Crippen LogP contribution in [0.5, 0.6) is 0 Å². The van der Waals surface area contributed by atoms with Gasteiger partial charge in [0, 0.05) is 59.3 Å². The normalized spacial score (nSPS) is 16.5. The van der Waals surface area contributed by atoms with E-state index >= 15 is 4.39 Å². The van der Waals surface area contributed by atoms with Crippen molar-refractivity contribution in [3.8, 4) is 11.4 Å². The molecule has 6 rings (SSSR count). The van der Waals surface area contributed by atoms with Gasteiger partial charge in [0.15, 0.2) is 5.78 Å². The van der Waals surface area contributed by atoms with Crippen LogP contribution < -0.4 is 37.5 Å². The first-order chi connectivity index (χ1) is 36.6. The van der Waals surface area contributed by atoms with Gasteiger partial charge in [0.2, 0.25) is 29.5 Å². The number of pyridine rings is 2. The smallest absolute Gasteiger partial charge is 0.254 e. The minimum Gasteiger partial charge on any atom is -0.377 e. The number of ether oxygens (including phenoxy) is 1. The molecule has 4 atom stereocenters. The van der Waals surface area contributed by atoms with E-state index in [1.54, 1.807) is 49.6 Å². The molecule has 8 N–H and O–H groups in total. The van der Waals surface area contributed by atoms with Gasteiger partial charge in [-0.2, -0.15) is 0 Å². The van der Waals surface area contributed by atoms with Crippen molar-refractivity contribution >= 4 is 58.0 Å². The van der Waals surface area contributed by atoms with Gasteiger partial charge in [-0.15, -0.1) is 0 Å². The average molecular weight is 1070 g/mol. The van der Waals surface area contributed by atoms with Crippen molar-refractivity contribution in [3.63, 3.8) is 0 Å². The average Bonchev–Trinajstić information content (AvgIpc) is 4.01. The van der Waals surface area contributed by atoms with Crippen LogP contribution in [0.25, 0.3) is 22.3 Å². The van der Waals surface area contributed by atoms with E-state index in [-0.39, 0.29) is 75.0 Å². The van der Waals surface area contributed by atoms with Gasteiger partial charge in [0.05, 0.1) is 49.7 Å². The number of carbonyl (C=O) groups is 8. The molecule has 77 heavy (non-hydrogen) atoms. The lowest BCUT2D eigenvalue weighted by Gasteiger charge is -2.35. The number of aliphatic hydroxyl groups is 2. The van der Waals surface area contributed by atoms with E-state index in [2.05, 4.69) is 31.9 Å². The van der Waals surface area contributed by atoms with Gasteiger partial charge in [0.25, 0.3) is 17.4 Å². The number of allylic oxidation sites excluding steroid dienone is 4. The summed E-state index contributed by atoms with van der Waals surface area (Å²) in [5, 5.41) is 39.8. The second-order valence-corrected chi connectivity index (χ2v) is 19.6. The van der Waals surface area contributed by atoms with Gasteiger partial charge < -0.3 is 46.1 Å². The first kappa shape index (κ1) is 59.0. The number of ketones is 1. The minimum atomic E-state index is -1.91. The molecule has 1 aromatic carbocycles. The standard InChI is InChI=1S/C55H70FN9O12/c1-7-10-11-12-14-17-40(61-46(70)28-58-44(68)26-57-43(67)18-15-13-16-23-64-47(71)21-22-48(64)72)52(73)59-27-45(69)60-31-77-30-54(6,75)63-39-20-19-35-32(4)38(56)25-41-49(35)50(39)36-29-65-42(51(36)62-41)24-37(34(8-2)53(65)74)55(76,9-3)33(5)66/h7,10-12,21-22,24-25,39-40,63,75-76H,8-9,13-20,23,26-31H2,1-6H3,(H,57,67)(H,58,68)(H,59,73)(H,60,69)(H,61,70)/b10-7-,12-11-/t39-,40-,54?,55?/m0/s1. The summed E-state index contributed by atoms with van der Waals surface area (Å²) in [5.41, 5.74) is 0.285. The van der Waals surface area contributed by atoms with E-state index in [9.17, 15) is 53.4 Å². The summed E-state index contributed by atoms with van der Waals surface area (Å²) in [6, 6.07) is 1.35. The van der Waals surface area contributed by atoms with Crippen molar-refractivity contribution in [1.29, 1.82) is 0 Å². The fraction of sp³-hybridized carbons (Fsp3) is 0.491. The van der Waals surface area contributed by atoms with Crippen LogP contribution in [0.1, 0.15) is 125 Å². The Bertz CT molecular complexity index is 2950. The van der Waals surface area contributed by atoms with Crippen molar-refractivity contribution in [2.75, 3.05) is 39.5 Å². The lowest BCUT2D eigenvalue weighted by Crippen LogP contribution is -2.51. The number of nitrogens with one attached hydrogen (secondary N) is 6. The van der Waals surface area contributed by atoms with E-state index in [1.165, 1.54) is 32.1 Å². The summed E-state index contributed by atoms with van der Waals surface area (Å²) < 4.78 is 22.7. The molecule has 0 saturated heterocycles. The number of benzene rings is 1. The third kappa shape index (κ3) is 14.2. The molecule has 0 fully saturated rings. The first-order valence-electron chi connectivity index (χ1n) is 26.1. The van der Waals surface area contributed by atoms with Gasteiger partial charge in [0.1, 0.15) is 29.9 Å². The highest BCUT2D eigenvalue weighted by atomic mass is 19.1. The van der Waals surface area contributed by atoms with Crippen LogP contribution in [0, 0.1) is 12.7 Å². The van der Waals surface area contributed by atoms with E-state index in [4.69, 9.17) is 9.72 Å². The van der Waals surface area contributed by atoms with Crippen LogP contribution in [-0.2, 0) is 68.1 Å². The van der Waals surface area contributed by atoms with Crippen LogP contribution >= 0.6 is 0 Å². The Morgan fingerprint density at radius 3 is 2.29 bits per heavy atom. The number of unbranched alkanes of at least 4 members (excludes halogenated alkanes) is 2. The Balaban J connectivity index is 1.00. The molecule has 21 nitrogen and oxygen atoms in total. The predicted molar refractivity (Wildman–Crippen MR) is 282 cm³/mol. The molecule has 414 valence electrons. The first-order valence-corrected chi connectivity index (χ1v) is 26.1. The number of halogens is 1. The van der Waals surface area contributed by atoms with Crippen molar-refractivity contribution in [3.05, 3.63) is 98.1 Å². The molecule has 2 aromatic heterocycles. The summed E-state index contributed by atoms with van der Waals surface area (Å²) >= 11 is 0. The van der Waals surface area contributed by atoms with Crippen molar-refractivity contribution < 1.29 is 57.7 Å². The molecule has 3 aliphatic rings. The van der Waals surface area contributed by atoms with Gasteiger partial charge in [-0.25, -0.2) is 9.37 Å². The summed E-state index contributed by atoms with van der Waals surface area (Å²) in [5.74, 6) is -4.73. The van der Waals surface area contributed by atoms with E-state index in [0.29, 0.717) is 77.5 Å². The Morgan fingerprint density at radius 1 is 0.909 bits per heavy atom. The van der Waals surface area contributed by atoms with Gasteiger partial charge in [-0.05, 0) is 102 Å². The van der Waals surface area contributed by atoms with Gasteiger partial charge in [-0.3, -0.25) is 53.4 Å². The number of imide groups is 1. The van der Waals surface area contributed by atoms with Crippen molar-refractivity contribution in [2.45, 2.75) is 136 Å². The second-order valence-electron chi connectivity index (χ2n) is 19.6. The Kier molecular flexibility index (Phi) is 20.1. The summed E-state index contributed by atoms with van der Waals surface area (Å²) in [7, 11) is 0. The molecule has 2 aliphatic heterocycles. The maximum Gasteiger partial charge on any atom is 0.254 e. The number of aryl methyl sites for hydroxylation is 1. The zero-order chi connectivity index (χ0) is 56.2. The molecular formula is C55H70FN9O12. The maximum absolute atomic E-state index is 15.5. The molecule has 22 heteroatoms. The largest absolute Gasteiger partial charge is 0.377 e. The zero-order valence-electron chi connectivity index (χ0n) is 44.5. The quantitative estimate of drug-likeness (QED) is 0.0175. The number of nitrogens with zero attached hydrogens (tertiary/aromatic N) is 3. The second kappa shape index (κ2) is 26.2. The summed E-state index contributed by atoms with van der Waals surface area (Å²) in [6.07, 6.45) is 13.0. The molecule has 0 spiro atoms. The lowest BCUT2D eigenvalue weighted by molar-refractivity contribution is -0.137. The number of amides is 7. The molecule has 0 bridgehead atoms. The monoisotopic (exact) mass is 1070 g/mol. The van der Waals surface area contributed by atoms with Crippen LogP contribution in [0.15, 0.2) is 53.4 Å². The Hall–Kier alpha value is -7.27. The number of rotatable bonds is 28. The molecule has 7 amide bonds. The van der Waals surface area contributed by atoms with E-state index < -0.39 is 84.2 Å². The highest BCUT2D eigenvalue weighted by Gasteiger charge is 2.40. The molecule has 0 radical (unpaired) electrons. The molecule has 0 saturated carbocycles. The number of hydrogen-bond donors (Lipinski definition) is 8. The van der Waals surface area contributed by atoms with E-state index in [1.807, 2.05) is 13.0 Å². The van der Waals surface area contributed by atoms with Crippen LogP contribution in [0.3, 0.4) is 0 Å². The summed E-state index contributed by atoms with van der Waals surface area (Å²) in [4.78, 5) is 120. The van der Waals surface area contributed by atoms with Gasteiger partial charge in [-0.1, -0.05) is 44.6 Å². The third-order valence-electron chi connectivity index (χ3n) is 14.1. The third-order valence-corrected chi connectivity index (χ3v) is 14.1. The Morgan fingerprint density at radius 2 is 1.60 bits per heavy atom. The van der Waals surface area contributed by atoms with Gasteiger partial charge >= 0.3 is 0 Å². The number of carbonyl (C=O) groups excluding carboxylic acids is 8. The van der Waals surface area contributed by atoms with Crippen LogP contribution in [0.4, 0.5) is 4.39 Å². The fourth-order valence-electron chi connectivity index (χ4n) is 9.94. The highest BCUT2D eigenvalue weighted by molar-refractivity contribution is 6.12. The number of Topliss-reactive ketones (excluding diaryl/α,β-unsaturated/α-hetero) is 1. The molecular weight excluding hydrogens is 998 g/mol. The SMILES string of the molecule is C/C=C\C=C/CC[C@H](NC(=O)CNC(=O)CNC(=O)CCCCCN1C(=O)C=CC1=O)C(=O)NCC(=O)NCOCC(C)(O)N[C@H]1CCc2c(C)c(F)cc3nc4c(c1c23)Cn1c-4cc(C(O)(CC)C(C)=O)c(CC)c1=O. The zero-order valence-corrected chi connectivity index (χ0v) is 44.5. The Labute approximate surface area is 445 Å². The number of aromatic nitrogens is 2. The molecule has 3 aromatic rings. The predicted octanol–water partition coefficient (Wildman–Crippen LogP) is 2.23. The topological polar surface area (TPSA) is 297 Å². The molecule has 1 aliphatic carbocycles. The lowest BCUT2D eigenvalue weighted by atomic mass is 9.81. The van der Waals surface area contributed by atoms with Crippen molar-refractivity contribution in [1.82, 2.24) is 46.4 Å². The molecule has 2 unspecified atom stereocenters. The molecule has 4 heterocycles. The van der Waals surface area contributed by atoms with Crippen LogP contribution in [0.2, 0.25) is 0 Å². The minimum absolute atomic E-state index is 0.0372. The fourth-order valence-corrected chi connectivity index (χ4v) is 9.94. The maximum atomic E-state index is 15.5. The van der Waals surface area contributed by atoms with Crippen molar-refractivity contribution in [2.24, 2.45) is 0 Å². The van der Waals surface area contributed by atoms with Crippen LogP contribution in [-0.4, -0.2) is 123 Å². The summed E-state index contributed by atoms with van der Waals surface area (Å²) in [6.45, 7) is 8.04. The highest BCUT2D eigenvalue weighted by Crippen LogP contribution is 2.46.